The van der Waals surface area contributed by atoms with Crippen molar-refractivity contribution in [1.29, 1.82) is 0 Å². The molecule has 2 fully saturated rings. The van der Waals surface area contributed by atoms with E-state index in [2.05, 4.69) is 36.6 Å². The van der Waals surface area contributed by atoms with Gasteiger partial charge < -0.3 is 34.9 Å². The lowest BCUT2D eigenvalue weighted by molar-refractivity contribution is -0.140. The van der Waals surface area contributed by atoms with Gasteiger partial charge in [0.25, 0.3) is 0 Å². The molecule has 1 saturated carbocycles. The van der Waals surface area contributed by atoms with Crippen molar-refractivity contribution in [3.05, 3.63) is 58.8 Å². The Morgan fingerprint density at radius 2 is 1.77 bits per heavy atom. The quantitative estimate of drug-likeness (QED) is 0.220. The largest absolute Gasteiger partial charge is 0.480 e. The third-order valence-electron chi connectivity index (χ3n) is 9.46. The van der Waals surface area contributed by atoms with Gasteiger partial charge in [-0.3, -0.25) is 0 Å². The molecule has 2 aromatic rings. The van der Waals surface area contributed by atoms with Crippen molar-refractivity contribution >= 4 is 24.0 Å². The van der Waals surface area contributed by atoms with Gasteiger partial charge in [0.05, 0.1) is 6.10 Å². The molecule has 3 N–H and O–H groups in total. The molecule has 2 atom stereocenters. The number of fused-ring (bicyclic) bond motifs is 1. The van der Waals surface area contributed by atoms with E-state index in [-0.39, 0.29) is 25.0 Å². The number of alkyl carbamates (subject to hydrolysis) is 1. The van der Waals surface area contributed by atoms with Crippen LogP contribution in [0.4, 0.5) is 15.4 Å². The number of carboxylic acid groups (broad SMARTS) is 1. The van der Waals surface area contributed by atoms with E-state index in [1.54, 1.807) is 4.90 Å². The molecule has 1 unspecified atom stereocenters. The average Bonchev–Trinajstić information content (AvgIpc) is 2.98. The monoisotopic (exact) mass is 664 g/mol. The van der Waals surface area contributed by atoms with Crippen molar-refractivity contribution < 1.29 is 33.7 Å². The maximum atomic E-state index is 13.1. The molecule has 1 aliphatic carbocycles. The summed E-state index contributed by atoms with van der Waals surface area (Å²) in [6.45, 7) is 11.6. The van der Waals surface area contributed by atoms with Gasteiger partial charge in [-0.1, -0.05) is 44.2 Å². The predicted octanol–water partition coefficient (Wildman–Crippen LogP) is 6.47. The van der Waals surface area contributed by atoms with E-state index >= 15 is 0 Å². The molecule has 3 aliphatic rings. The topological polar surface area (TPSA) is 139 Å². The number of hydrogen-bond donors (Lipinski definition) is 3. The summed E-state index contributed by atoms with van der Waals surface area (Å²) in [5.74, 6) is 0.626. The number of carbonyl (C=O) groups is 3. The summed E-state index contributed by atoms with van der Waals surface area (Å²) >= 11 is 0. The Morgan fingerprint density at radius 1 is 1.06 bits per heavy atom. The zero-order valence-corrected chi connectivity index (χ0v) is 29.0. The molecule has 11 nitrogen and oxygen atoms in total. The fourth-order valence-electron chi connectivity index (χ4n) is 6.49. The van der Waals surface area contributed by atoms with Gasteiger partial charge in [0, 0.05) is 44.3 Å². The number of amides is 2. The number of aryl methyl sites for hydroxylation is 2. The van der Waals surface area contributed by atoms with Crippen LogP contribution in [0.1, 0.15) is 101 Å². The standard InChI is InChI=1S/C37H52N4O7/c1-23(2)25-9-11-26(12-10-25)32(28-21-41(22-28)36(45)48-37(3,4)5)47-35(44)40-31(34(42)43)16-18-46-30-19-24(20-30)8-14-29-15-13-27-7-6-17-38-33(27)39-29/h9-13,15,23-24,28,30-32H,6-8,14,16-22H2,1-5H3,(H,38,39)(H,40,44)(H,42,43)/t24?,30?,31-,32?/m0/s1. The molecule has 1 aromatic heterocycles. The predicted molar refractivity (Wildman–Crippen MR) is 182 cm³/mol. The number of hydrogen-bond acceptors (Lipinski definition) is 8. The molecule has 0 spiro atoms. The highest BCUT2D eigenvalue weighted by molar-refractivity contribution is 5.80. The number of nitrogens with one attached hydrogen (secondary N) is 2. The minimum Gasteiger partial charge on any atom is -0.480 e. The Labute approximate surface area is 284 Å². The number of likely N-dealkylation sites (tertiary alicyclic amines) is 1. The summed E-state index contributed by atoms with van der Waals surface area (Å²) in [6, 6.07) is 11.0. The number of carbonyl (C=O) groups excluding carboxylic acids is 2. The number of aliphatic carboxylic acids is 1. The lowest BCUT2D eigenvalue weighted by Crippen LogP contribution is -2.54. The fourth-order valence-corrected chi connectivity index (χ4v) is 6.49. The number of rotatable bonds is 13. The van der Waals surface area contributed by atoms with E-state index in [1.165, 1.54) is 5.56 Å². The van der Waals surface area contributed by atoms with Crippen LogP contribution in [-0.2, 0) is 31.8 Å². The average molecular weight is 665 g/mol. The second-order valence-electron chi connectivity index (χ2n) is 14.8. The molecule has 48 heavy (non-hydrogen) atoms. The molecule has 0 radical (unpaired) electrons. The smallest absolute Gasteiger partial charge is 0.410 e. The van der Waals surface area contributed by atoms with Gasteiger partial charge in [-0.15, -0.1) is 0 Å². The molecule has 262 valence electrons. The summed E-state index contributed by atoms with van der Waals surface area (Å²) in [4.78, 5) is 44.0. The van der Waals surface area contributed by atoms with Crippen LogP contribution >= 0.6 is 0 Å². The molecular formula is C37H52N4O7. The number of carboxylic acids is 1. The zero-order valence-electron chi connectivity index (χ0n) is 29.0. The third kappa shape index (κ3) is 9.61. The van der Waals surface area contributed by atoms with Crippen LogP contribution < -0.4 is 10.6 Å². The molecule has 3 heterocycles. The van der Waals surface area contributed by atoms with Crippen LogP contribution in [-0.4, -0.2) is 77.1 Å². The van der Waals surface area contributed by atoms with Gasteiger partial charge in [-0.05, 0) is 93.9 Å². The van der Waals surface area contributed by atoms with Gasteiger partial charge >= 0.3 is 18.2 Å². The van der Waals surface area contributed by atoms with Crippen LogP contribution in [0.2, 0.25) is 0 Å². The first-order chi connectivity index (χ1) is 22.8. The second kappa shape index (κ2) is 15.6. The Balaban J connectivity index is 1.07. The van der Waals surface area contributed by atoms with Crippen molar-refractivity contribution in [2.45, 2.75) is 109 Å². The molecule has 11 heteroatoms. The first-order valence-corrected chi connectivity index (χ1v) is 17.5. The van der Waals surface area contributed by atoms with Crippen molar-refractivity contribution in [2.75, 3.05) is 31.6 Å². The molecule has 2 amide bonds. The molecule has 1 aromatic carbocycles. The molecule has 2 aliphatic heterocycles. The van der Waals surface area contributed by atoms with Crippen molar-refractivity contribution in [2.24, 2.45) is 11.8 Å². The van der Waals surface area contributed by atoms with Crippen molar-refractivity contribution in [1.82, 2.24) is 15.2 Å². The van der Waals surface area contributed by atoms with E-state index < -0.39 is 35.9 Å². The highest BCUT2D eigenvalue weighted by Gasteiger charge is 2.41. The molecular weight excluding hydrogens is 612 g/mol. The zero-order chi connectivity index (χ0) is 34.4. The summed E-state index contributed by atoms with van der Waals surface area (Å²) in [5.41, 5.74) is 3.74. The lowest BCUT2D eigenvalue weighted by Gasteiger charge is -2.43. The number of benzene rings is 1. The Hall–Kier alpha value is -3.86. The van der Waals surface area contributed by atoms with Crippen molar-refractivity contribution in [3.63, 3.8) is 0 Å². The van der Waals surface area contributed by atoms with Crippen LogP contribution in [0.5, 0.6) is 0 Å². The maximum absolute atomic E-state index is 13.1. The second-order valence-corrected chi connectivity index (χ2v) is 14.8. The molecule has 1 saturated heterocycles. The van der Waals surface area contributed by atoms with Gasteiger partial charge in [-0.25, -0.2) is 19.4 Å². The summed E-state index contributed by atoms with van der Waals surface area (Å²) < 4.78 is 17.3. The minimum atomic E-state index is -1.15. The Bertz CT molecular complexity index is 1410. The van der Waals surface area contributed by atoms with Crippen molar-refractivity contribution in [3.8, 4) is 0 Å². The minimum absolute atomic E-state index is 0.0966. The number of pyridine rings is 1. The van der Waals surface area contributed by atoms with E-state index in [9.17, 15) is 19.5 Å². The van der Waals surface area contributed by atoms with Crippen LogP contribution in [0.3, 0.4) is 0 Å². The first kappa shape index (κ1) is 35.4. The van der Waals surface area contributed by atoms with E-state index in [1.807, 2.05) is 45.0 Å². The van der Waals surface area contributed by atoms with Crippen LogP contribution in [0.25, 0.3) is 0 Å². The highest BCUT2D eigenvalue weighted by atomic mass is 16.6. The fraction of sp³-hybridized carbons (Fsp3) is 0.622. The lowest BCUT2D eigenvalue weighted by atomic mass is 9.79. The van der Waals surface area contributed by atoms with Crippen LogP contribution in [0.15, 0.2) is 36.4 Å². The van der Waals surface area contributed by atoms with E-state index in [4.69, 9.17) is 19.2 Å². The summed E-state index contributed by atoms with van der Waals surface area (Å²) in [7, 11) is 0. The molecule has 0 bridgehead atoms. The number of nitrogens with zero attached hydrogens (tertiary/aromatic N) is 2. The Kier molecular flexibility index (Phi) is 11.5. The van der Waals surface area contributed by atoms with Crippen LogP contribution in [0, 0.1) is 11.8 Å². The molecule has 5 rings (SSSR count). The summed E-state index contributed by atoms with van der Waals surface area (Å²) in [6.07, 6.45) is 4.44. The highest BCUT2D eigenvalue weighted by Crippen LogP contribution is 2.36. The van der Waals surface area contributed by atoms with Gasteiger partial charge in [-0.2, -0.15) is 0 Å². The van der Waals surface area contributed by atoms with E-state index in [0.717, 1.165) is 67.7 Å². The number of anilines is 1. The van der Waals surface area contributed by atoms with Gasteiger partial charge in [0.15, 0.2) is 0 Å². The maximum Gasteiger partial charge on any atom is 0.410 e. The Morgan fingerprint density at radius 3 is 2.44 bits per heavy atom. The van der Waals surface area contributed by atoms with E-state index in [0.29, 0.717) is 24.9 Å². The SMILES string of the molecule is CC(C)c1ccc(C(OC(=O)N[C@@H](CCOC2CC(CCc3ccc4c(n3)NCCC4)C2)C(=O)O)C2CN(C(=O)OC(C)(C)C)C2)cc1. The number of aromatic nitrogens is 1. The van der Waals surface area contributed by atoms with Gasteiger partial charge in [0.2, 0.25) is 0 Å². The first-order valence-electron chi connectivity index (χ1n) is 17.5. The normalized spacial score (nSPS) is 20.4. The number of ether oxygens (including phenoxy) is 3. The summed E-state index contributed by atoms with van der Waals surface area (Å²) in [5, 5.41) is 15.8. The third-order valence-corrected chi connectivity index (χ3v) is 9.46. The van der Waals surface area contributed by atoms with Gasteiger partial charge in [0.1, 0.15) is 23.6 Å².